The fraction of sp³-hybridized carbons (Fsp3) is 0.0667. The van der Waals surface area contributed by atoms with Gasteiger partial charge in [-0.2, -0.15) is 0 Å². The maximum atomic E-state index is 11.6. The van der Waals surface area contributed by atoms with Gasteiger partial charge in [-0.25, -0.2) is 4.79 Å². The highest BCUT2D eigenvalue weighted by molar-refractivity contribution is 5.90. The molecule has 0 saturated heterocycles. The molecule has 5 nitrogen and oxygen atoms in total. The zero-order valence-electron chi connectivity index (χ0n) is 10.5. The minimum absolute atomic E-state index is 0.221. The van der Waals surface area contributed by atoms with Crippen LogP contribution in [0.4, 0.5) is 0 Å². The molecule has 1 aliphatic heterocycles. The maximum absolute atomic E-state index is 11.6. The summed E-state index contributed by atoms with van der Waals surface area (Å²) in [6.07, 6.45) is 1.45. The normalized spacial score (nSPS) is 12.6. The fourth-order valence-electron chi connectivity index (χ4n) is 1.76. The van der Waals surface area contributed by atoms with E-state index in [4.69, 9.17) is 14.3 Å². The first-order valence-corrected chi connectivity index (χ1v) is 6.02. The first-order valence-electron chi connectivity index (χ1n) is 6.02. The Kier molecular flexibility index (Phi) is 3.33. The number of hydrogen-bond donors (Lipinski definition) is 0. The molecule has 2 aromatic rings. The minimum Gasteiger partial charge on any atom is -0.454 e. The summed E-state index contributed by atoms with van der Waals surface area (Å²) < 4.78 is 10.4. The van der Waals surface area contributed by atoms with Crippen molar-refractivity contribution >= 4 is 12.2 Å². The van der Waals surface area contributed by atoms with E-state index in [2.05, 4.69) is 5.16 Å². The SMILES string of the molecule is O=C(O/N=C/c1ccc2c(c1)OCO2)c1ccccc1. The summed E-state index contributed by atoms with van der Waals surface area (Å²) in [7, 11) is 0. The monoisotopic (exact) mass is 269 g/mol. The van der Waals surface area contributed by atoms with Crippen molar-refractivity contribution in [3.05, 3.63) is 59.7 Å². The van der Waals surface area contributed by atoms with Crippen molar-refractivity contribution in [1.82, 2.24) is 0 Å². The fourth-order valence-corrected chi connectivity index (χ4v) is 1.76. The van der Waals surface area contributed by atoms with Crippen molar-refractivity contribution in [2.24, 2.45) is 5.16 Å². The zero-order chi connectivity index (χ0) is 13.8. The van der Waals surface area contributed by atoms with Crippen LogP contribution in [0, 0.1) is 0 Å². The summed E-state index contributed by atoms with van der Waals surface area (Å²) in [6, 6.07) is 14.0. The molecule has 1 aliphatic rings. The summed E-state index contributed by atoms with van der Waals surface area (Å²) in [6.45, 7) is 0.221. The van der Waals surface area contributed by atoms with Crippen molar-refractivity contribution in [3.63, 3.8) is 0 Å². The predicted molar refractivity (Wildman–Crippen MR) is 72.0 cm³/mol. The lowest BCUT2D eigenvalue weighted by molar-refractivity contribution is 0.0519. The molecule has 0 unspecified atom stereocenters. The first kappa shape index (κ1) is 12.2. The van der Waals surface area contributed by atoms with E-state index in [0.29, 0.717) is 17.1 Å². The lowest BCUT2D eigenvalue weighted by Gasteiger charge is -1.98. The molecule has 0 aliphatic carbocycles. The molecular formula is C15H11NO4. The van der Waals surface area contributed by atoms with E-state index >= 15 is 0 Å². The highest BCUT2D eigenvalue weighted by atomic mass is 16.7. The topological polar surface area (TPSA) is 57.1 Å². The van der Waals surface area contributed by atoms with Gasteiger partial charge in [0.1, 0.15) is 0 Å². The average Bonchev–Trinajstić information content (AvgIpc) is 2.95. The van der Waals surface area contributed by atoms with Crippen LogP contribution in [0.5, 0.6) is 11.5 Å². The quantitative estimate of drug-likeness (QED) is 0.488. The largest absolute Gasteiger partial charge is 0.454 e. The van der Waals surface area contributed by atoms with Crippen LogP contribution >= 0.6 is 0 Å². The standard InChI is InChI=1S/C15H11NO4/c17-15(12-4-2-1-3-5-12)20-16-9-11-6-7-13-14(8-11)19-10-18-13/h1-9H,10H2/b16-9+. The summed E-state index contributed by atoms with van der Waals surface area (Å²) in [5, 5.41) is 3.67. The van der Waals surface area contributed by atoms with Gasteiger partial charge in [0.05, 0.1) is 11.8 Å². The van der Waals surface area contributed by atoms with E-state index in [1.165, 1.54) is 6.21 Å². The Morgan fingerprint density at radius 2 is 1.90 bits per heavy atom. The molecule has 3 rings (SSSR count). The molecule has 5 heteroatoms. The van der Waals surface area contributed by atoms with E-state index in [9.17, 15) is 4.79 Å². The molecular weight excluding hydrogens is 258 g/mol. The smallest absolute Gasteiger partial charge is 0.365 e. The van der Waals surface area contributed by atoms with Gasteiger partial charge in [0.15, 0.2) is 11.5 Å². The molecule has 0 radical (unpaired) electrons. The second kappa shape index (κ2) is 5.44. The van der Waals surface area contributed by atoms with Crippen molar-refractivity contribution in [3.8, 4) is 11.5 Å². The van der Waals surface area contributed by atoms with Gasteiger partial charge in [-0.15, -0.1) is 0 Å². The average molecular weight is 269 g/mol. The second-order valence-corrected chi connectivity index (χ2v) is 4.09. The van der Waals surface area contributed by atoms with Crippen LogP contribution in [0.15, 0.2) is 53.7 Å². The van der Waals surface area contributed by atoms with Crippen molar-refractivity contribution in [1.29, 1.82) is 0 Å². The number of ether oxygens (including phenoxy) is 2. The third-order valence-electron chi connectivity index (χ3n) is 2.74. The number of hydrogen-bond acceptors (Lipinski definition) is 5. The van der Waals surface area contributed by atoms with E-state index < -0.39 is 5.97 Å². The molecule has 0 amide bonds. The number of benzene rings is 2. The van der Waals surface area contributed by atoms with Crippen LogP contribution in [-0.4, -0.2) is 19.0 Å². The summed E-state index contributed by atoms with van der Waals surface area (Å²) >= 11 is 0. The van der Waals surface area contributed by atoms with Crippen molar-refractivity contribution in [2.75, 3.05) is 6.79 Å². The third-order valence-corrected chi connectivity index (χ3v) is 2.74. The molecule has 0 saturated carbocycles. The molecule has 1 heterocycles. The molecule has 100 valence electrons. The van der Waals surface area contributed by atoms with Crippen LogP contribution in [0.1, 0.15) is 15.9 Å². The summed E-state index contributed by atoms with van der Waals surface area (Å²) in [4.78, 5) is 16.5. The van der Waals surface area contributed by atoms with E-state index in [-0.39, 0.29) is 6.79 Å². The van der Waals surface area contributed by atoms with Gasteiger partial charge in [-0.3, -0.25) is 0 Å². The Balaban J connectivity index is 1.65. The van der Waals surface area contributed by atoms with Gasteiger partial charge in [-0.05, 0) is 30.3 Å². The summed E-state index contributed by atoms with van der Waals surface area (Å²) in [5.74, 6) is 0.856. The van der Waals surface area contributed by atoms with Crippen LogP contribution in [-0.2, 0) is 4.84 Å². The summed E-state index contributed by atoms with van der Waals surface area (Å²) in [5.41, 5.74) is 1.21. The maximum Gasteiger partial charge on any atom is 0.365 e. The van der Waals surface area contributed by atoms with Gasteiger partial charge in [-0.1, -0.05) is 23.4 Å². The number of oxime groups is 1. The molecule has 2 aromatic carbocycles. The van der Waals surface area contributed by atoms with E-state index in [1.807, 2.05) is 6.07 Å². The zero-order valence-corrected chi connectivity index (χ0v) is 10.5. The molecule has 20 heavy (non-hydrogen) atoms. The van der Waals surface area contributed by atoms with Crippen LogP contribution in [0.25, 0.3) is 0 Å². The lowest BCUT2D eigenvalue weighted by Crippen LogP contribution is -2.00. The Morgan fingerprint density at radius 1 is 1.10 bits per heavy atom. The van der Waals surface area contributed by atoms with Gasteiger partial charge in [0.2, 0.25) is 6.79 Å². The van der Waals surface area contributed by atoms with Crippen LogP contribution < -0.4 is 9.47 Å². The molecule has 0 atom stereocenters. The number of carbonyl (C=O) groups is 1. The van der Waals surface area contributed by atoms with Crippen molar-refractivity contribution < 1.29 is 19.1 Å². The number of fused-ring (bicyclic) bond motifs is 1. The molecule has 0 bridgehead atoms. The molecule has 0 fully saturated rings. The highest BCUT2D eigenvalue weighted by Crippen LogP contribution is 2.31. The molecule has 0 N–H and O–H groups in total. The number of nitrogens with zero attached hydrogens (tertiary/aromatic N) is 1. The van der Waals surface area contributed by atoms with Crippen LogP contribution in [0.3, 0.4) is 0 Å². The Bertz CT molecular complexity index is 652. The predicted octanol–water partition coefficient (Wildman–Crippen LogP) is 2.61. The lowest BCUT2D eigenvalue weighted by atomic mass is 10.2. The van der Waals surface area contributed by atoms with Gasteiger partial charge < -0.3 is 14.3 Å². The van der Waals surface area contributed by atoms with E-state index in [0.717, 1.165) is 5.56 Å². The highest BCUT2D eigenvalue weighted by Gasteiger charge is 2.12. The Morgan fingerprint density at radius 3 is 2.75 bits per heavy atom. The van der Waals surface area contributed by atoms with E-state index in [1.54, 1.807) is 42.5 Å². The number of carbonyl (C=O) groups excluding carboxylic acids is 1. The van der Waals surface area contributed by atoms with Gasteiger partial charge in [0, 0.05) is 5.56 Å². The Labute approximate surface area is 115 Å². The second-order valence-electron chi connectivity index (χ2n) is 4.09. The molecule has 0 spiro atoms. The molecule has 0 aromatic heterocycles. The Hall–Kier alpha value is -2.82. The third kappa shape index (κ3) is 2.61. The first-order chi connectivity index (χ1) is 9.83. The van der Waals surface area contributed by atoms with Crippen LogP contribution in [0.2, 0.25) is 0 Å². The van der Waals surface area contributed by atoms with Gasteiger partial charge in [0.25, 0.3) is 0 Å². The van der Waals surface area contributed by atoms with Gasteiger partial charge >= 0.3 is 5.97 Å². The number of rotatable bonds is 3. The minimum atomic E-state index is -0.498. The van der Waals surface area contributed by atoms with Crippen molar-refractivity contribution in [2.45, 2.75) is 0 Å².